The van der Waals surface area contributed by atoms with Crippen LogP contribution in [0, 0.1) is 17.6 Å². The van der Waals surface area contributed by atoms with Crippen molar-refractivity contribution < 1.29 is 27.9 Å². The van der Waals surface area contributed by atoms with Gasteiger partial charge in [0.25, 0.3) is 5.91 Å². The average molecular weight is 417 g/mol. The number of amides is 3. The van der Waals surface area contributed by atoms with Crippen molar-refractivity contribution in [3.8, 4) is 5.75 Å². The van der Waals surface area contributed by atoms with Crippen LogP contribution in [0.4, 0.5) is 20.2 Å². The minimum absolute atomic E-state index is 0.00105. The quantitative estimate of drug-likeness (QED) is 0.783. The monoisotopic (exact) mass is 417 g/mol. The number of anilines is 2. The van der Waals surface area contributed by atoms with Crippen LogP contribution in [-0.4, -0.2) is 49.9 Å². The number of carbonyl (C=O) groups is 3. The molecule has 1 heterocycles. The smallest absolute Gasteiger partial charge is 0.259 e. The molecule has 1 saturated heterocycles. The summed E-state index contributed by atoms with van der Waals surface area (Å²) in [4.78, 5) is 38.9. The van der Waals surface area contributed by atoms with Gasteiger partial charge in [-0.05, 0) is 36.4 Å². The summed E-state index contributed by atoms with van der Waals surface area (Å²) in [6.45, 7) is -0.0975. The van der Waals surface area contributed by atoms with Gasteiger partial charge in [-0.15, -0.1) is 0 Å². The van der Waals surface area contributed by atoms with Gasteiger partial charge in [0, 0.05) is 38.8 Å². The minimum atomic E-state index is -0.854. The van der Waals surface area contributed by atoms with Crippen LogP contribution in [-0.2, 0) is 14.4 Å². The summed E-state index contributed by atoms with van der Waals surface area (Å²) in [5, 5.41) is 2.71. The molecule has 9 heteroatoms. The second kappa shape index (κ2) is 8.89. The third kappa shape index (κ3) is 4.91. The molecule has 2 aromatic carbocycles. The Labute approximate surface area is 172 Å². The standard InChI is InChI=1S/C21H21F2N3O4/c1-25(2)20(28)12-30-16-6-4-15(5-7-16)24-21(29)13-9-19(27)26(11-13)18-8-3-14(22)10-17(18)23/h3-8,10,13H,9,11-12H2,1-2H3,(H,24,29). The second-order valence-corrected chi connectivity index (χ2v) is 7.09. The molecular formula is C21H21F2N3O4. The van der Waals surface area contributed by atoms with Gasteiger partial charge in [0.2, 0.25) is 11.8 Å². The van der Waals surface area contributed by atoms with Gasteiger partial charge in [0.1, 0.15) is 17.4 Å². The lowest BCUT2D eigenvalue weighted by atomic mass is 10.1. The van der Waals surface area contributed by atoms with Crippen LogP contribution in [0.15, 0.2) is 42.5 Å². The van der Waals surface area contributed by atoms with Gasteiger partial charge >= 0.3 is 0 Å². The highest BCUT2D eigenvalue weighted by molar-refractivity contribution is 6.03. The fraction of sp³-hybridized carbons (Fsp3) is 0.286. The van der Waals surface area contributed by atoms with Crippen LogP contribution in [0.1, 0.15) is 6.42 Å². The Morgan fingerprint density at radius 2 is 1.87 bits per heavy atom. The molecule has 1 unspecified atom stereocenters. The van der Waals surface area contributed by atoms with E-state index in [1.165, 1.54) is 11.0 Å². The third-order valence-corrected chi connectivity index (χ3v) is 4.68. The van der Waals surface area contributed by atoms with Crippen LogP contribution in [0.3, 0.4) is 0 Å². The van der Waals surface area contributed by atoms with E-state index in [1.54, 1.807) is 38.4 Å². The molecular weight excluding hydrogens is 396 g/mol. The highest BCUT2D eigenvalue weighted by Crippen LogP contribution is 2.28. The van der Waals surface area contributed by atoms with Gasteiger partial charge in [-0.25, -0.2) is 8.78 Å². The molecule has 7 nitrogen and oxygen atoms in total. The molecule has 0 aromatic heterocycles. The molecule has 0 aliphatic carbocycles. The number of nitrogens with zero attached hydrogens (tertiary/aromatic N) is 2. The zero-order valence-corrected chi connectivity index (χ0v) is 16.5. The Morgan fingerprint density at radius 1 is 1.17 bits per heavy atom. The SMILES string of the molecule is CN(C)C(=O)COc1ccc(NC(=O)C2CC(=O)N(c3ccc(F)cc3F)C2)cc1. The van der Waals surface area contributed by atoms with Crippen molar-refractivity contribution in [1.82, 2.24) is 4.90 Å². The number of likely N-dealkylation sites (N-methyl/N-ethyl adjacent to an activating group) is 1. The van der Waals surface area contributed by atoms with E-state index in [-0.39, 0.29) is 37.1 Å². The fourth-order valence-electron chi connectivity index (χ4n) is 2.97. The minimum Gasteiger partial charge on any atom is -0.484 e. The number of carbonyl (C=O) groups excluding carboxylic acids is 3. The molecule has 1 aliphatic heterocycles. The highest BCUT2D eigenvalue weighted by atomic mass is 19.1. The molecule has 0 radical (unpaired) electrons. The normalized spacial score (nSPS) is 15.8. The Balaban J connectivity index is 1.58. The Hall–Kier alpha value is -3.49. The van der Waals surface area contributed by atoms with E-state index in [0.717, 1.165) is 11.0 Å². The molecule has 0 saturated carbocycles. The largest absolute Gasteiger partial charge is 0.484 e. The maximum Gasteiger partial charge on any atom is 0.259 e. The van der Waals surface area contributed by atoms with Crippen LogP contribution >= 0.6 is 0 Å². The van der Waals surface area contributed by atoms with Gasteiger partial charge in [-0.2, -0.15) is 0 Å². The van der Waals surface area contributed by atoms with E-state index < -0.39 is 23.5 Å². The van der Waals surface area contributed by atoms with Crippen LogP contribution < -0.4 is 15.0 Å². The number of hydrogen-bond acceptors (Lipinski definition) is 4. The van der Waals surface area contributed by atoms with Crippen LogP contribution in [0.5, 0.6) is 5.75 Å². The first kappa shape index (κ1) is 21.2. The molecule has 0 bridgehead atoms. The van der Waals surface area contributed by atoms with Gasteiger partial charge in [0.05, 0.1) is 11.6 Å². The zero-order valence-electron chi connectivity index (χ0n) is 16.5. The van der Waals surface area contributed by atoms with Crippen molar-refractivity contribution >= 4 is 29.1 Å². The summed E-state index contributed by atoms with van der Waals surface area (Å²) in [5.41, 5.74) is 0.440. The van der Waals surface area contributed by atoms with E-state index in [9.17, 15) is 23.2 Å². The summed E-state index contributed by atoms with van der Waals surface area (Å²) in [5.74, 6) is -2.77. The van der Waals surface area contributed by atoms with E-state index in [0.29, 0.717) is 17.5 Å². The van der Waals surface area contributed by atoms with Crippen molar-refractivity contribution in [2.75, 3.05) is 37.5 Å². The van der Waals surface area contributed by atoms with Gasteiger partial charge in [-0.1, -0.05) is 0 Å². The number of halogens is 2. The fourth-order valence-corrected chi connectivity index (χ4v) is 2.97. The maximum atomic E-state index is 14.0. The van der Waals surface area contributed by atoms with E-state index in [2.05, 4.69) is 5.32 Å². The molecule has 3 amide bonds. The number of benzene rings is 2. The highest BCUT2D eigenvalue weighted by Gasteiger charge is 2.36. The van der Waals surface area contributed by atoms with Crippen molar-refractivity contribution in [3.05, 3.63) is 54.1 Å². The van der Waals surface area contributed by atoms with E-state index in [4.69, 9.17) is 4.74 Å². The molecule has 1 atom stereocenters. The number of nitrogens with one attached hydrogen (secondary N) is 1. The summed E-state index contributed by atoms with van der Waals surface area (Å²) in [7, 11) is 3.26. The Morgan fingerprint density at radius 3 is 2.50 bits per heavy atom. The lowest BCUT2D eigenvalue weighted by Gasteiger charge is -2.17. The molecule has 2 aromatic rings. The van der Waals surface area contributed by atoms with Gasteiger partial charge in [0.15, 0.2) is 6.61 Å². The predicted octanol–water partition coefficient (Wildman–Crippen LogP) is 2.42. The predicted molar refractivity (Wildman–Crippen MR) is 106 cm³/mol. The molecule has 0 spiro atoms. The number of hydrogen-bond donors (Lipinski definition) is 1. The summed E-state index contributed by atoms with van der Waals surface area (Å²) >= 11 is 0. The second-order valence-electron chi connectivity index (χ2n) is 7.09. The van der Waals surface area contributed by atoms with Gasteiger partial charge in [-0.3, -0.25) is 14.4 Å². The molecule has 1 aliphatic rings. The average Bonchev–Trinajstić information content (AvgIpc) is 3.08. The molecule has 158 valence electrons. The zero-order chi connectivity index (χ0) is 21.8. The number of ether oxygens (including phenoxy) is 1. The van der Waals surface area contributed by atoms with Crippen molar-refractivity contribution in [2.45, 2.75) is 6.42 Å². The molecule has 1 N–H and O–H groups in total. The maximum absolute atomic E-state index is 14.0. The summed E-state index contributed by atoms with van der Waals surface area (Å²) in [6, 6.07) is 9.39. The Bertz CT molecular complexity index is 963. The summed E-state index contributed by atoms with van der Waals surface area (Å²) < 4.78 is 32.4. The van der Waals surface area contributed by atoms with Crippen LogP contribution in [0.2, 0.25) is 0 Å². The van der Waals surface area contributed by atoms with Crippen LogP contribution in [0.25, 0.3) is 0 Å². The lowest BCUT2D eigenvalue weighted by molar-refractivity contribution is -0.130. The third-order valence-electron chi connectivity index (χ3n) is 4.68. The first-order valence-corrected chi connectivity index (χ1v) is 9.24. The molecule has 1 fully saturated rings. The lowest BCUT2D eigenvalue weighted by Crippen LogP contribution is -2.28. The first-order valence-electron chi connectivity index (χ1n) is 9.24. The van der Waals surface area contributed by atoms with E-state index >= 15 is 0 Å². The molecule has 3 rings (SSSR count). The molecule has 30 heavy (non-hydrogen) atoms. The topological polar surface area (TPSA) is 79.0 Å². The summed E-state index contributed by atoms with van der Waals surface area (Å²) in [6.07, 6.45) is -0.0729. The number of rotatable bonds is 6. The van der Waals surface area contributed by atoms with Gasteiger partial charge < -0.3 is 19.9 Å². The Kier molecular flexibility index (Phi) is 6.29. The first-order chi connectivity index (χ1) is 14.2. The van der Waals surface area contributed by atoms with Crippen molar-refractivity contribution in [1.29, 1.82) is 0 Å². The van der Waals surface area contributed by atoms with Crippen molar-refractivity contribution in [2.24, 2.45) is 5.92 Å². The van der Waals surface area contributed by atoms with Crippen molar-refractivity contribution in [3.63, 3.8) is 0 Å². The van der Waals surface area contributed by atoms with E-state index in [1.807, 2.05) is 0 Å².